The summed E-state index contributed by atoms with van der Waals surface area (Å²) in [5.41, 5.74) is 1.55. The second kappa shape index (κ2) is 3.21. The van der Waals surface area contributed by atoms with E-state index in [-0.39, 0.29) is 0 Å². The number of hydrogen-bond acceptors (Lipinski definition) is 2. The van der Waals surface area contributed by atoms with Crippen molar-refractivity contribution in [3.8, 4) is 0 Å². The van der Waals surface area contributed by atoms with Gasteiger partial charge >= 0.3 is 0 Å². The van der Waals surface area contributed by atoms with Gasteiger partial charge in [0.25, 0.3) is 0 Å². The Hall–Kier alpha value is -0.570. The molecule has 1 aromatic rings. The average Bonchev–Trinajstić information content (AvgIpc) is 2.92. The Morgan fingerprint density at radius 3 is 2.80 bits per heavy atom. The van der Waals surface area contributed by atoms with Gasteiger partial charge in [-0.25, -0.2) is 0 Å². The molecule has 1 spiro atoms. The van der Waals surface area contributed by atoms with Crippen molar-refractivity contribution >= 4 is 11.6 Å². The molecular formula is C12H14ClNO. The SMILES string of the molecule is CN1OCC2(CC2)C1c1ccccc1Cl. The lowest BCUT2D eigenvalue weighted by Gasteiger charge is -2.23. The van der Waals surface area contributed by atoms with Gasteiger partial charge in [0.2, 0.25) is 0 Å². The van der Waals surface area contributed by atoms with Crippen molar-refractivity contribution in [3.63, 3.8) is 0 Å². The maximum atomic E-state index is 6.24. The van der Waals surface area contributed by atoms with Gasteiger partial charge in [-0.1, -0.05) is 29.8 Å². The fourth-order valence-electron chi connectivity index (χ4n) is 2.57. The summed E-state index contributed by atoms with van der Waals surface area (Å²) in [5, 5.41) is 2.82. The third-order valence-corrected chi connectivity index (χ3v) is 3.94. The first-order valence-corrected chi connectivity index (χ1v) is 5.71. The number of rotatable bonds is 1. The Balaban J connectivity index is 2.02. The van der Waals surface area contributed by atoms with Crippen LogP contribution >= 0.6 is 11.6 Å². The summed E-state index contributed by atoms with van der Waals surface area (Å²) in [7, 11) is 2.00. The van der Waals surface area contributed by atoms with Crippen LogP contribution in [-0.2, 0) is 4.84 Å². The Labute approximate surface area is 94.7 Å². The van der Waals surface area contributed by atoms with E-state index in [2.05, 4.69) is 6.07 Å². The predicted molar refractivity (Wildman–Crippen MR) is 59.6 cm³/mol. The molecule has 1 aromatic carbocycles. The number of halogens is 1. The van der Waals surface area contributed by atoms with Gasteiger partial charge in [0.1, 0.15) is 0 Å². The maximum absolute atomic E-state index is 6.24. The van der Waals surface area contributed by atoms with Crippen molar-refractivity contribution in [2.24, 2.45) is 5.41 Å². The predicted octanol–water partition coefficient (Wildman–Crippen LogP) is 3.04. The second-order valence-electron chi connectivity index (χ2n) is 4.61. The summed E-state index contributed by atoms with van der Waals surface area (Å²) in [4.78, 5) is 5.63. The third-order valence-electron chi connectivity index (χ3n) is 3.59. The van der Waals surface area contributed by atoms with Crippen molar-refractivity contribution < 1.29 is 4.84 Å². The number of hydroxylamine groups is 2. The first-order chi connectivity index (χ1) is 7.23. The fraction of sp³-hybridized carbons (Fsp3) is 0.500. The van der Waals surface area contributed by atoms with Crippen LogP contribution in [0.25, 0.3) is 0 Å². The van der Waals surface area contributed by atoms with E-state index in [0.29, 0.717) is 11.5 Å². The van der Waals surface area contributed by atoms with E-state index in [1.165, 1.54) is 18.4 Å². The highest BCUT2D eigenvalue weighted by Gasteiger charge is 2.56. The zero-order valence-electron chi connectivity index (χ0n) is 8.74. The minimum absolute atomic E-state index is 0.339. The summed E-state index contributed by atoms with van der Waals surface area (Å²) in [6.07, 6.45) is 2.51. The summed E-state index contributed by atoms with van der Waals surface area (Å²) < 4.78 is 0. The van der Waals surface area contributed by atoms with Gasteiger partial charge in [0.15, 0.2) is 0 Å². The largest absolute Gasteiger partial charge is 0.298 e. The van der Waals surface area contributed by atoms with Gasteiger partial charge in [-0.3, -0.25) is 4.84 Å². The fourth-order valence-corrected chi connectivity index (χ4v) is 2.81. The van der Waals surface area contributed by atoms with Gasteiger partial charge in [-0.15, -0.1) is 0 Å². The van der Waals surface area contributed by atoms with E-state index in [1.807, 2.05) is 30.3 Å². The van der Waals surface area contributed by atoms with Crippen molar-refractivity contribution in [3.05, 3.63) is 34.9 Å². The lowest BCUT2D eigenvalue weighted by Crippen LogP contribution is -2.21. The van der Waals surface area contributed by atoms with E-state index >= 15 is 0 Å². The zero-order valence-corrected chi connectivity index (χ0v) is 9.50. The number of nitrogens with zero attached hydrogens (tertiary/aromatic N) is 1. The molecule has 2 aliphatic rings. The molecular weight excluding hydrogens is 210 g/mol. The molecule has 1 aliphatic heterocycles. The summed E-state index contributed by atoms with van der Waals surface area (Å²) in [6.45, 7) is 0.847. The highest BCUT2D eigenvalue weighted by molar-refractivity contribution is 6.31. The van der Waals surface area contributed by atoms with E-state index in [1.54, 1.807) is 0 Å². The molecule has 1 unspecified atom stereocenters. The van der Waals surface area contributed by atoms with Gasteiger partial charge < -0.3 is 0 Å². The number of benzene rings is 1. The van der Waals surface area contributed by atoms with Gasteiger partial charge in [0, 0.05) is 17.5 Å². The second-order valence-corrected chi connectivity index (χ2v) is 5.01. The quantitative estimate of drug-likeness (QED) is 0.726. The molecule has 0 bridgehead atoms. The van der Waals surface area contributed by atoms with Gasteiger partial charge in [0.05, 0.1) is 12.6 Å². The monoisotopic (exact) mass is 223 g/mol. The van der Waals surface area contributed by atoms with Crippen LogP contribution < -0.4 is 0 Å². The normalized spacial score (nSPS) is 28.5. The molecule has 1 atom stereocenters. The third kappa shape index (κ3) is 1.40. The lowest BCUT2D eigenvalue weighted by atomic mass is 9.92. The van der Waals surface area contributed by atoms with Crippen LogP contribution in [0.4, 0.5) is 0 Å². The molecule has 1 saturated heterocycles. The van der Waals surface area contributed by atoms with Crippen molar-refractivity contribution in [2.75, 3.05) is 13.7 Å². The molecule has 1 aliphatic carbocycles. The van der Waals surface area contributed by atoms with Crippen molar-refractivity contribution in [1.82, 2.24) is 5.06 Å². The van der Waals surface area contributed by atoms with E-state index < -0.39 is 0 Å². The Bertz CT molecular complexity index is 389. The molecule has 15 heavy (non-hydrogen) atoms. The molecule has 0 aromatic heterocycles. The van der Waals surface area contributed by atoms with Crippen molar-refractivity contribution in [1.29, 1.82) is 0 Å². The minimum Gasteiger partial charge on any atom is -0.298 e. The van der Waals surface area contributed by atoms with Crippen LogP contribution in [0.2, 0.25) is 5.02 Å². The maximum Gasteiger partial charge on any atom is 0.0760 e. The zero-order chi connectivity index (χ0) is 10.5. The van der Waals surface area contributed by atoms with E-state index in [0.717, 1.165) is 11.6 Å². The van der Waals surface area contributed by atoms with E-state index in [4.69, 9.17) is 16.4 Å². The van der Waals surface area contributed by atoms with Gasteiger partial charge in [-0.05, 0) is 24.5 Å². The molecule has 3 heteroatoms. The molecule has 1 heterocycles. The molecule has 3 rings (SSSR count). The van der Waals surface area contributed by atoms with E-state index in [9.17, 15) is 0 Å². The first kappa shape index (κ1) is 9.64. The van der Waals surface area contributed by atoms with Crippen molar-refractivity contribution in [2.45, 2.75) is 18.9 Å². The Morgan fingerprint density at radius 1 is 1.40 bits per heavy atom. The molecule has 2 fully saturated rings. The van der Waals surface area contributed by atoms with Crippen LogP contribution in [-0.4, -0.2) is 18.7 Å². The smallest absolute Gasteiger partial charge is 0.0760 e. The lowest BCUT2D eigenvalue weighted by molar-refractivity contribution is -0.110. The average molecular weight is 224 g/mol. The van der Waals surface area contributed by atoms with Gasteiger partial charge in [-0.2, -0.15) is 5.06 Å². The van der Waals surface area contributed by atoms with Crippen LogP contribution in [0.5, 0.6) is 0 Å². The summed E-state index contributed by atoms with van der Waals surface area (Å²) >= 11 is 6.24. The standard InChI is InChI=1S/C12H14ClNO/c1-14-11(12(6-7-12)8-15-14)9-4-2-3-5-10(9)13/h2-5,11H,6-8H2,1H3. The molecule has 1 saturated carbocycles. The minimum atomic E-state index is 0.339. The Kier molecular flexibility index (Phi) is 2.06. The molecule has 0 radical (unpaired) electrons. The summed E-state index contributed by atoms with van der Waals surface area (Å²) in [5.74, 6) is 0. The van der Waals surface area contributed by atoms with Crippen LogP contribution in [0, 0.1) is 5.41 Å². The Morgan fingerprint density at radius 2 is 2.13 bits per heavy atom. The molecule has 80 valence electrons. The summed E-state index contributed by atoms with van der Waals surface area (Å²) in [6, 6.07) is 8.42. The first-order valence-electron chi connectivity index (χ1n) is 5.33. The number of hydrogen-bond donors (Lipinski definition) is 0. The molecule has 0 amide bonds. The molecule has 0 N–H and O–H groups in total. The molecule has 2 nitrogen and oxygen atoms in total. The topological polar surface area (TPSA) is 12.5 Å². The highest BCUT2D eigenvalue weighted by atomic mass is 35.5. The van der Waals surface area contributed by atoms with Crippen LogP contribution in [0.1, 0.15) is 24.4 Å². The van der Waals surface area contributed by atoms with Crippen LogP contribution in [0.15, 0.2) is 24.3 Å². The van der Waals surface area contributed by atoms with Crippen LogP contribution in [0.3, 0.4) is 0 Å². The highest BCUT2D eigenvalue weighted by Crippen LogP contribution is 2.61.